The summed E-state index contributed by atoms with van der Waals surface area (Å²) in [5.41, 5.74) is 1.45. The maximum atomic E-state index is 13.7. The van der Waals surface area contributed by atoms with Crippen LogP contribution in [0.2, 0.25) is 0 Å². The second kappa shape index (κ2) is 13.3. The third kappa shape index (κ3) is 6.79. The molecule has 0 bridgehead atoms. The van der Waals surface area contributed by atoms with Gasteiger partial charge in [-0.25, -0.2) is 0 Å². The highest BCUT2D eigenvalue weighted by atomic mass is 16.7. The zero-order valence-corrected chi connectivity index (χ0v) is 20.8. The predicted molar refractivity (Wildman–Crippen MR) is 128 cm³/mol. The normalized spacial score (nSPS) is 11.1. The quantitative estimate of drug-likeness (QED) is 0.176. The third-order valence-corrected chi connectivity index (χ3v) is 4.76. The first-order chi connectivity index (χ1) is 16.4. The molecular weight excluding hydrogens is 442 g/mol. The van der Waals surface area contributed by atoms with Crippen LogP contribution in [0, 0.1) is 0 Å². The molecule has 9 nitrogen and oxygen atoms in total. The van der Waals surface area contributed by atoms with Gasteiger partial charge >= 0.3 is 0 Å². The largest absolute Gasteiger partial charge is 0.493 e. The molecule has 9 heteroatoms. The Kier molecular flexibility index (Phi) is 10.5. The molecule has 0 radical (unpaired) electrons. The van der Waals surface area contributed by atoms with E-state index >= 15 is 0 Å². The van der Waals surface area contributed by atoms with Gasteiger partial charge in [0.25, 0.3) is 0 Å². The first-order valence-corrected chi connectivity index (χ1v) is 10.5. The average molecular weight is 476 g/mol. The van der Waals surface area contributed by atoms with E-state index in [4.69, 9.17) is 33.2 Å². The highest BCUT2D eigenvalue weighted by Crippen LogP contribution is 2.40. The SMILES string of the molecule is COCCOCOc1cc(C(=CN(C)C)C(=O)c2cc(OC)c(OC)c(OC)c2)ccc1OC. The predicted octanol–water partition coefficient (Wildman–Crippen LogP) is 3.51. The van der Waals surface area contributed by atoms with Crippen LogP contribution in [0.3, 0.4) is 0 Å². The number of hydrogen-bond acceptors (Lipinski definition) is 9. The van der Waals surface area contributed by atoms with Crippen LogP contribution in [0.1, 0.15) is 15.9 Å². The van der Waals surface area contributed by atoms with Gasteiger partial charge in [0.15, 0.2) is 35.6 Å². The fourth-order valence-corrected chi connectivity index (χ4v) is 3.15. The van der Waals surface area contributed by atoms with Crippen LogP contribution in [0.15, 0.2) is 36.5 Å². The molecule has 2 aromatic carbocycles. The van der Waals surface area contributed by atoms with Crippen LogP contribution in [0.25, 0.3) is 5.57 Å². The van der Waals surface area contributed by atoms with Crippen molar-refractivity contribution in [3.05, 3.63) is 47.7 Å². The number of carbonyl (C=O) groups excluding carboxylic acids is 1. The fourth-order valence-electron chi connectivity index (χ4n) is 3.15. The third-order valence-electron chi connectivity index (χ3n) is 4.76. The summed E-state index contributed by atoms with van der Waals surface area (Å²) in [6.45, 7) is 0.861. The summed E-state index contributed by atoms with van der Waals surface area (Å²) in [4.78, 5) is 15.5. The molecule has 0 saturated carbocycles. The number of nitrogens with zero attached hydrogens (tertiary/aromatic N) is 1. The van der Waals surface area contributed by atoms with Gasteiger partial charge in [0.2, 0.25) is 5.75 Å². The Bertz CT molecular complexity index is 962. The van der Waals surface area contributed by atoms with Crippen molar-refractivity contribution in [2.75, 3.05) is 69.7 Å². The van der Waals surface area contributed by atoms with E-state index in [9.17, 15) is 4.79 Å². The van der Waals surface area contributed by atoms with Crippen molar-refractivity contribution in [1.29, 1.82) is 0 Å². The van der Waals surface area contributed by atoms with E-state index in [1.54, 1.807) is 55.7 Å². The number of rotatable bonds is 14. The van der Waals surface area contributed by atoms with Crippen LogP contribution in [-0.4, -0.2) is 80.3 Å². The van der Waals surface area contributed by atoms with Gasteiger partial charge in [-0.1, -0.05) is 6.07 Å². The molecule has 186 valence electrons. The number of allylic oxidation sites excluding steroid dienone is 1. The molecule has 0 aliphatic carbocycles. The van der Waals surface area contributed by atoms with Gasteiger partial charge in [-0.05, 0) is 29.8 Å². The lowest BCUT2D eigenvalue weighted by Gasteiger charge is -2.17. The summed E-state index contributed by atoms with van der Waals surface area (Å²) < 4.78 is 37.7. The Hall–Kier alpha value is -3.43. The minimum atomic E-state index is -0.236. The van der Waals surface area contributed by atoms with Crippen LogP contribution >= 0.6 is 0 Å². The Morgan fingerprint density at radius 1 is 0.794 bits per heavy atom. The maximum Gasteiger partial charge on any atom is 0.203 e. The molecular formula is C25H33NO8. The standard InChI is InChI=1S/C25H33NO8/c1-26(2)15-19(24(27)18-13-22(30-5)25(32-7)23(14-18)31-6)17-8-9-20(29-4)21(12-17)34-16-33-11-10-28-3/h8-9,12-15H,10-11,16H2,1-7H3. The average Bonchev–Trinajstić information content (AvgIpc) is 2.85. The van der Waals surface area contributed by atoms with Crippen LogP contribution in [0.4, 0.5) is 0 Å². The summed E-state index contributed by atoms with van der Waals surface area (Å²) in [5, 5.41) is 0. The van der Waals surface area contributed by atoms with E-state index in [0.717, 1.165) is 0 Å². The topological polar surface area (TPSA) is 84.9 Å². The van der Waals surface area contributed by atoms with Crippen molar-refractivity contribution in [2.45, 2.75) is 0 Å². The minimum Gasteiger partial charge on any atom is -0.493 e. The molecule has 2 aromatic rings. The molecule has 0 fully saturated rings. The monoisotopic (exact) mass is 475 g/mol. The van der Waals surface area contributed by atoms with Gasteiger partial charge in [-0.2, -0.15) is 0 Å². The van der Waals surface area contributed by atoms with Crippen molar-refractivity contribution >= 4 is 11.4 Å². The Morgan fingerprint density at radius 3 is 1.94 bits per heavy atom. The Morgan fingerprint density at radius 2 is 1.41 bits per heavy atom. The summed E-state index contributed by atoms with van der Waals surface area (Å²) >= 11 is 0. The number of hydrogen-bond donors (Lipinski definition) is 0. The number of ether oxygens (including phenoxy) is 7. The van der Waals surface area contributed by atoms with E-state index in [1.807, 2.05) is 14.1 Å². The van der Waals surface area contributed by atoms with Gasteiger partial charge < -0.3 is 38.1 Å². The second-order valence-electron chi connectivity index (χ2n) is 7.28. The lowest BCUT2D eigenvalue weighted by atomic mass is 9.96. The number of ketones is 1. The van der Waals surface area contributed by atoms with Gasteiger partial charge in [-0.3, -0.25) is 4.79 Å². The molecule has 2 rings (SSSR count). The zero-order chi connectivity index (χ0) is 25.1. The first kappa shape index (κ1) is 26.8. The number of Topliss-reactive ketones (excluding diaryl/α,β-unsaturated/α-hetero) is 1. The van der Waals surface area contributed by atoms with E-state index < -0.39 is 0 Å². The fraction of sp³-hybridized carbons (Fsp3) is 0.400. The van der Waals surface area contributed by atoms with E-state index in [0.29, 0.717) is 58.7 Å². The van der Waals surface area contributed by atoms with Crippen molar-refractivity contribution in [1.82, 2.24) is 4.90 Å². The van der Waals surface area contributed by atoms with E-state index in [1.165, 1.54) is 21.3 Å². The van der Waals surface area contributed by atoms with E-state index in [-0.39, 0.29) is 12.6 Å². The highest BCUT2D eigenvalue weighted by molar-refractivity contribution is 6.29. The number of benzene rings is 2. The molecule has 0 unspecified atom stereocenters. The molecule has 0 aliphatic heterocycles. The smallest absolute Gasteiger partial charge is 0.203 e. The lowest BCUT2D eigenvalue weighted by Crippen LogP contribution is -2.11. The molecule has 0 saturated heterocycles. The summed E-state index contributed by atoms with van der Waals surface area (Å²) in [6.07, 6.45) is 1.74. The second-order valence-corrected chi connectivity index (χ2v) is 7.28. The molecule has 0 atom stereocenters. The molecule has 0 N–H and O–H groups in total. The lowest BCUT2D eigenvalue weighted by molar-refractivity contribution is -0.00945. The summed E-state index contributed by atoms with van der Waals surface area (Å²) in [6, 6.07) is 8.52. The van der Waals surface area contributed by atoms with Crippen molar-refractivity contribution in [2.24, 2.45) is 0 Å². The zero-order valence-electron chi connectivity index (χ0n) is 20.8. The Labute approximate surface area is 200 Å². The molecule has 34 heavy (non-hydrogen) atoms. The summed E-state index contributed by atoms with van der Waals surface area (Å²) in [5.74, 6) is 1.92. The Balaban J connectivity index is 2.47. The van der Waals surface area contributed by atoms with Gasteiger partial charge in [-0.15, -0.1) is 0 Å². The van der Waals surface area contributed by atoms with Gasteiger partial charge in [0, 0.05) is 38.5 Å². The minimum absolute atomic E-state index is 0.0106. The van der Waals surface area contributed by atoms with Crippen LogP contribution in [-0.2, 0) is 9.47 Å². The summed E-state index contributed by atoms with van der Waals surface area (Å²) in [7, 11) is 11.3. The molecule has 0 spiro atoms. The van der Waals surface area contributed by atoms with Crippen molar-refractivity contribution in [3.8, 4) is 28.7 Å². The van der Waals surface area contributed by atoms with Crippen LogP contribution in [0.5, 0.6) is 28.7 Å². The molecule has 0 aromatic heterocycles. The highest BCUT2D eigenvalue weighted by Gasteiger charge is 2.22. The van der Waals surface area contributed by atoms with Crippen molar-refractivity contribution < 1.29 is 38.0 Å². The van der Waals surface area contributed by atoms with Gasteiger partial charge in [0.1, 0.15) is 0 Å². The molecule has 0 heterocycles. The molecule has 0 aliphatic rings. The van der Waals surface area contributed by atoms with E-state index in [2.05, 4.69) is 0 Å². The number of carbonyl (C=O) groups is 1. The molecule has 0 amide bonds. The maximum absolute atomic E-state index is 13.7. The van der Waals surface area contributed by atoms with Crippen molar-refractivity contribution in [3.63, 3.8) is 0 Å². The number of methoxy groups -OCH3 is 5. The van der Waals surface area contributed by atoms with Gasteiger partial charge in [0.05, 0.1) is 41.7 Å². The van der Waals surface area contributed by atoms with Crippen LogP contribution < -0.4 is 23.7 Å². The first-order valence-electron chi connectivity index (χ1n) is 10.5.